The van der Waals surface area contributed by atoms with E-state index >= 15 is 0 Å². The van der Waals surface area contributed by atoms with E-state index in [-0.39, 0.29) is 12.5 Å². The van der Waals surface area contributed by atoms with Gasteiger partial charge in [0.2, 0.25) is 5.91 Å². The van der Waals surface area contributed by atoms with Crippen LogP contribution in [0.1, 0.15) is 37.7 Å². The van der Waals surface area contributed by atoms with Crippen LogP contribution in [0.25, 0.3) is 0 Å². The summed E-state index contributed by atoms with van der Waals surface area (Å²) in [6.07, 6.45) is 2.63. The molecule has 26 heavy (non-hydrogen) atoms. The van der Waals surface area contributed by atoms with E-state index in [9.17, 15) is 14.4 Å². The molecule has 1 aromatic rings. The first-order chi connectivity index (χ1) is 12.5. The lowest BCUT2D eigenvalue weighted by Crippen LogP contribution is -2.51. The van der Waals surface area contributed by atoms with Crippen LogP contribution in [-0.4, -0.2) is 53.5 Å². The molecule has 3 rings (SSSR count). The number of aliphatic carboxylic acids is 1. The summed E-state index contributed by atoms with van der Waals surface area (Å²) in [7, 11) is 0. The fourth-order valence-corrected chi connectivity index (χ4v) is 3.44. The van der Waals surface area contributed by atoms with E-state index in [4.69, 9.17) is 9.84 Å². The van der Waals surface area contributed by atoms with Gasteiger partial charge < -0.3 is 14.7 Å². The number of carboxylic acid groups (broad SMARTS) is 1. The molecule has 1 fully saturated rings. The Labute approximate surface area is 152 Å². The number of nitrogens with zero attached hydrogens (tertiary/aromatic N) is 2. The third-order valence-corrected chi connectivity index (χ3v) is 4.83. The number of rotatable bonds is 4. The quantitative estimate of drug-likeness (QED) is 0.887. The van der Waals surface area contributed by atoms with Crippen LogP contribution in [0.3, 0.4) is 0 Å². The topological polar surface area (TPSA) is 87.2 Å². The molecule has 7 heteroatoms. The van der Waals surface area contributed by atoms with Gasteiger partial charge in [-0.05, 0) is 37.5 Å². The molecule has 1 unspecified atom stereocenters. The second kappa shape index (κ2) is 7.76. The van der Waals surface area contributed by atoms with Gasteiger partial charge >= 0.3 is 5.97 Å². The van der Waals surface area contributed by atoms with Crippen molar-refractivity contribution in [2.75, 3.05) is 24.5 Å². The van der Waals surface area contributed by atoms with Gasteiger partial charge in [0.15, 0.2) is 6.10 Å². The van der Waals surface area contributed by atoms with Gasteiger partial charge in [0.1, 0.15) is 12.3 Å². The molecule has 1 atom stereocenters. The van der Waals surface area contributed by atoms with Gasteiger partial charge in [-0.2, -0.15) is 0 Å². The summed E-state index contributed by atoms with van der Waals surface area (Å²) in [5, 5.41) is 9.05. The lowest BCUT2D eigenvalue weighted by Gasteiger charge is -2.35. The van der Waals surface area contributed by atoms with Crippen molar-refractivity contribution < 1.29 is 24.2 Å². The maximum atomic E-state index is 12.8. The highest BCUT2D eigenvalue weighted by Crippen LogP contribution is 2.35. The highest BCUT2D eigenvalue weighted by molar-refractivity contribution is 6.05. The van der Waals surface area contributed by atoms with Crippen LogP contribution in [0.4, 0.5) is 5.69 Å². The van der Waals surface area contributed by atoms with Crippen molar-refractivity contribution in [2.24, 2.45) is 0 Å². The van der Waals surface area contributed by atoms with Crippen molar-refractivity contribution >= 4 is 23.5 Å². The summed E-state index contributed by atoms with van der Waals surface area (Å²) >= 11 is 0. The number of benzene rings is 1. The Morgan fingerprint density at radius 1 is 1.19 bits per heavy atom. The number of carbonyl (C=O) groups is 3. The molecule has 0 aliphatic carbocycles. The van der Waals surface area contributed by atoms with E-state index in [1.54, 1.807) is 17.0 Å². The molecule has 0 aromatic heterocycles. The Morgan fingerprint density at radius 3 is 2.54 bits per heavy atom. The van der Waals surface area contributed by atoms with E-state index in [1.165, 1.54) is 4.90 Å². The first-order valence-corrected chi connectivity index (χ1v) is 9.04. The third-order valence-electron chi connectivity index (χ3n) is 4.83. The number of aryl methyl sites for hydroxylation is 1. The fraction of sp³-hybridized carbons (Fsp3) is 0.526. The molecule has 2 aliphatic rings. The van der Waals surface area contributed by atoms with Gasteiger partial charge in [-0.15, -0.1) is 0 Å². The summed E-state index contributed by atoms with van der Waals surface area (Å²) in [6, 6.07) is 5.34. The summed E-state index contributed by atoms with van der Waals surface area (Å²) in [6.45, 7) is 3.21. The fourth-order valence-electron chi connectivity index (χ4n) is 3.44. The van der Waals surface area contributed by atoms with E-state index in [0.717, 1.165) is 31.2 Å². The molecule has 2 amide bonds. The minimum absolute atomic E-state index is 0.0885. The van der Waals surface area contributed by atoms with Gasteiger partial charge in [0.05, 0.1) is 12.1 Å². The monoisotopic (exact) mass is 360 g/mol. The molecular formula is C19H24N2O5. The van der Waals surface area contributed by atoms with E-state index < -0.39 is 24.4 Å². The zero-order chi connectivity index (χ0) is 18.7. The third kappa shape index (κ3) is 3.98. The maximum absolute atomic E-state index is 12.8. The Bertz CT molecular complexity index is 710. The number of hydrogen-bond acceptors (Lipinski definition) is 4. The zero-order valence-electron chi connectivity index (χ0n) is 14.9. The first kappa shape index (κ1) is 18.2. The molecule has 2 aliphatic heterocycles. The number of likely N-dealkylation sites (tertiary alicyclic amines) is 1. The molecule has 1 N–H and O–H groups in total. The standard InChI is InChI=1S/C19H24N2O5/c1-13-6-7-15-14(10-13)21(19(25)16(26-15)11-18(23)24)12-17(22)20-8-4-2-3-5-9-20/h6-7,10,16H,2-5,8-9,11-12H2,1H3,(H,23,24). The smallest absolute Gasteiger partial charge is 0.307 e. The summed E-state index contributed by atoms with van der Waals surface area (Å²) in [5.41, 5.74) is 1.46. The highest BCUT2D eigenvalue weighted by atomic mass is 16.5. The molecule has 140 valence electrons. The van der Waals surface area contributed by atoms with Crippen LogP contribution in [0, 0.1) is 6.92 Å². The number of hydrogen-bond donors (Lipinski definition) is 1. The second-order valence-corrected chi connectivity index (χ2v) is 6.89. The highest BCUT2D eigenvalue weighted by Gasteiger charge is 2.37. The van der Waals surface area contributed by atoms with Crippen LogP contribution in [0.5, 0.6) is 5.75 Å². The Hall–Kier alpha value is -2.57. The van der Waals surface area contributed by atoms with E-state index in [0.29, 0.717) is 24.5 Å². The molecule has 2 heterocycles. The normalized spacial score (nSPS) is 20.2. The average molecular weight is 360 g/mol. The van der Waals surface area contributed by atoms with Crippen molar-refractivity contribution in [3.05, 3.63) is 23.8 Å². The largest absolute Gasteiger partial charge is 0.481 e. The number of anilines is 1. The maximum Gasteiger partial charge on any atom is 0.307 e. The number of fused-ring (bicyclic) bond motifs is 1. The van der Waals surface area contributed by atoms with Crippen molar-refractivity contribution in [2.45, 2.75) is 45.1 Å². The molecule has 0 bridgehead atoms. The Morgan fingerprint density at radius 2 is 1.88 bits per heavy atom. The van der Waals surface area contributed by atoms with Crippen LogP contribution in [0.2, 0.25) is 0 Å². The minimum atomic E-state index is -1.11. The SMILES string of the molecule is Cc1ccc2c(c1)N(CC(=O)N1CCCCCC1)C(=O)C(CC(=O)O)O2. The number of carboxylic acids is 1. The average Bonchev–Trinajstić information content (AvgIpc) is 2.88. The molecule has 1 aromatic carbocycles. The van der Waals surface area contributed by atoms with Crippen LogP contribution in [0.15, 0.2) is 18.2 Å². The van der Waals surface area contributed by atoms with E-state index in [2.05, 4.69) is 0 Å². The van der Waals surface area contributed by atoms with Gasteiger partial charge in [-0.1, -0.05) is 18.9 Å². The van der Waals surface area contributed by atoms with Crippen molar-refractivity contribution in [3.63, 3.8) is 0 Å². The first-order valence-electron chi connectivity index (χ1n) is 9.04. The molecule has 0 saturated carbocycles. The van der Waals surface area contributed by atoms with Crippen molar-refractivity contribution in [3.8, 4) is 5.75 Å². The van der Waals surface area contributed by atoms with E-state index in [1.807, 2.05) is 13.0 Å². The van der Waals surface area contributed by atoms with Gasteiger partial charge in [-0.3, -0.25) is 19.3 Å². The predicted molar refractivity (Wildman–Crippen MR) is 95.2 cm³/mol. The predicted octanol–water partition coefficient (Wildman–Crippen LogP) is 1.97. The van der Waals surface area contributed by atoms with Gasteiger partial charge in [-0.25, -0.2) is 0 Å². The van der Waals surface area contributed by atoms with Crippen molar-refractivity contribution in [1.82, 2.24) is 4.90 Å². The molecular weight excluding hydrogens is 336 g/mol. The molecule has 1 saturated heterocycles. The molecule has 0 radical (unpaired) electrons. The number of amides is 2. The van der Waals surface area contributed by atoms with Crippen LogP contribution >= 0.6 is 0 Å². The Balaban J connectivity index is 1.85. The minimum Gasteiger partial charge on any atom is -0.481 e. The summed E-state index contributed by atoms with van der Waals surface area (Å²) < 4.78 is 5.59. The summed E-state index contributed by atoms with van der Waals surface area (Å²) in [5.74, 6) is -1.26. The lowest BCUT2D eigenvalue weighted by molar-refractivity contribution is -0.142. The van der Waals surface area contributed by atoms with Gasteiger partial charge in [0, 0.05) is 13.1 Å². The Kier molecular flexibility index (Phi) is 5.44. The van der Waals surface area contributed by atoms with Crippen LogP contribution in [-0.2, 0) is 14.4 Å². The summed E-state index contributed by atoms with van der Waals surface area (Å²) in [4.78, 5) is 39.8. The molecule has 7 nitrogen and oxygen atoms in total. The van der Waals surface area contributed by atoms with Crippen LogP contribution < -0.4 is 9.64 Å². The van der Waals surface area contributed by atoms with Crippen molar-refractivity contribution in [1.29, 1.82) is 0 Å². The van der Waals surface area contributed by atoms with Gasteiger partial charge in [0.25, 0.3) is 5.91 Å². The lowest BCUT2D eigenvalue weighted by atomic mass is 10.1. The molecule has 0 spiro atoms. The second-order valence-electron chi connectivity index (χ2n) is 6.89. The number of ether oxygens (including phenoxy) is 1. The number of carbonyl (C=O) groups excluding carboxylic acids is 2. The zero-order valence-corrected chi connectivity index (χ0v) is 14.9.